The van der Waals surface area contributed by atoms with Crippen LogP contribution < -0.4 is 10.1 Å². The second-order valence-electron chi connectivity index (χ2n) is 6.16. The number of ether oxygens (including phenoxy) is 1. The van der Waals surface area contributed by atoms with Gasteiger partial charge in [-0.25, -0.2) is 9.97 Å². The molecule has 3 aromatic heterocycles. The van der Waals surface area contributed by atoms with Crippen molar-refractivity contribution in [2.24, 2.45) is 7.05 Å². The fourth-order valence-electron chi connectivity index (χ4n) is 3.11. The van der Waals surface area contributed by atoms with E-state index in [4.69, 9.17) is 16.3 Å². The molecule has 3 heterocycles. The Kier molecular flexibility index (Phi) is 5.44. The number of para-hydroxylation sites is 1. The highest BCUT2D eigenvalue weighted by molar-refractivity contribution is 14.2. The van der Waals surface area contributed by atoms with Gasteiger partial charge >= 0.3 is 0 Å². The van der Waals surface area contributed by atoms with Crippen LogP contribution in [0.5, 0.6) is 5.75 Å². The third-order valence-corrected chi connectivity index (χ3v) is 6.69. The zero-order valence-corrected chi connectivity index (χ0v) is 19.3. The molecule has 144 valence electrons. The number of hydrogen-bond acceptors (Lipinski definition) is 5. The molecule has 0 aliphatic rings. The average Bonchev–Trinajstić information content (AvgIpc) is 3.24. The van der Waals surface area contributed by atoms with Gasteiger partial charge in [0.25, 0.3) is 0 Å². The van der Waals surface area contributed by atoms with E-state index in [0.29, 0.717) is 11.5 Å². The van der Waals surface area contributed by atoms with Crippen LogP contribution in [0.4, 0.5) is 11.4 Å². The van der Waals surface area contributed by atoms with Crippen LogP contribution in [0.25, 0.3) is 22.3 Å². The van der Waals surface area contributed by atoms with Crippen LogP contribution in [-0.4, -0.2) is 31.2 Å². The van der Waals surface area contributed by atoms with Crippen molar-refractivity contribution < 1.29 is 4.74 Å². The van der Waals surface area contributed by atoms with Gasteiger partial charge in [0.05, 0.1) is 31.1 Å². The first-order valence-corrected chi connectivity index (χ1v) is 12.8. The molecule has 7 nitrogen and oxygen atoms in total. The molecule has 10 heteroatoms. The summed E-state index contributed by atoms with van der Waals surface area (Å²) in [6.45, 7) is 1.97. The number of pyridine rings is 1. The summed E-state index contributed by atoms with van der Waals surface area (Å²) in [7, 11) is 3.55. The summed E-state index contributed by atoms with van der Waals surface area (Å²) < 4.78 is 9.55. The van der Waals surface area contributed by atoms with Crippen LogP contribution in [0, 0.1) is 6.92 Å². The molecule has 0 fully saturated rings. The molecule has 1 N–H and O–H groups in total. The van der Waals surface area contributed by atoms with Gasteiger partial charge in [-0.1, -0.05) is 23.7 Å². The zero-order chi connectivity index (χ0) is 19.8. The summed E-state index contributed by atoms with van der Waals surface area (Å²) in [5, 5.41) is 8.11. The molecule has 1 unspecified atom stereocenters. The molecular weight excluding hydrogens is 510 g/mol. The van der Waals surface area contributed by atoms with Crippen molar-refractivity contribution in [1.29, 1.82) is 0 Å². The first-order valence-electron chi connectivity index (χ1n) is 8.37. The maximum atomic E-state index is 6.30. The van der Waals surface area contributed by atoms with Gasteiger partial charge in [0.15, 0.2) is 5.65 Å². The van der Waals surface area contributed by atoms with E-state index in [0.717, 1.165) is 45.2 Å². The largest absolute Gasteiger partial charge is 0.494 e. The highest BCUT2D eigenvalue weighted by Crippen LogP contribution is 2.40. The number of fused-ring (bicyclic) bond motifs is 1. The molecule has 0 aliphatic carbocycles. The maximum Gasteiger partial charge on any atom is 0.167 e. The standard InChI is InChI=1S/C18H17ClIN6OP/c1-10-22-16-14(7-15(19)24-18(16)26(10)28-20)23-13-6-4-5-12(17(13)27-3)11-8-21-25(2)9-11/h4-9,28H,1-3H3,(H,23,24). The topological polar surface area (TPSA) is 69.8 Å². The van der Waals surface area contributed by atoms with E-state index in [-0.39, 0.29) is 0 Å². The van der Waals surface area contributed by atoms with Crippen LogP contribution in [0.2, 0.25) is 5.15 Å². The van der Waals surface area contributed by atoms with E-state index in [1.165, 1.54) is 0 Å². The molecule has 0 aliphatic heterocycles. The first-order chi connectivity index (χ1) is 13.5. The van der Waals surface area contributed by atoms with Crippen molar-refractivity contribution in [3.8, 4) is 16.9 Å². The number of rotatable bonds is 5. The van der Waals surface area contributed by atoms with Gasteiger partial charge < -0.3 is 10.1 Å². The Morgan fingerprint density at radius 1 is 1.25 bits per heavy atom. The minimum Gasteiger partial charge on any atom is -0.494 e. The molecule has 0 spiro atoms. The van der Waals surface area contributed by atoms with Crippen molar-refractivity contribution in [1.82, 2.24) is 24.1 Å². The summed E-state index contributed by atoms with van der Waals surface area (Å²) in [5.74, 6) is 1.63. The van der Waals surface area contributed by atoms with Gasteiger partial charge in [0.1, 0.15) is 22.2 Å². The van der Waals surface area contributed by atoms with E-state index in [1.54, 1.807) is 17.9 Å². The number of nitrogens with one attached hydrogen (secondary N) is 1. The van der Waals surface area contributed by atoms with Crippen molar-refractivity contribution >= 4 is 62.6 Å². The lowest BCUT2D eigenvalue weighted by Crippen LogP contribution is -1.98. The van der Waals surface area contributed by atoms with Gasteiger partial charge in [0, 0.05) is 30.4 Å². The van der Waals surface area contributed by atoms with Crippen LogP contribution in [-0.2, 0) is 7.05 Å². The predicted octanol–water partition coefficient (Wildman–Crippen LogP) is 5.34. The third kappa shape index (κ3) is 3.44. The van der Waals surface area contributed by atoms with Crippen LogP contribution in [0.1, 0.15) is 5.82 Å². The summed E-state index contributed by atoms with van der Waals surface area (Å²) in [4.78, 5) is 9.15. The molecule has 0 radical (unpaired) electrons. The molecule has 4 aromatic rings. The first kappa shape index (κ1) is 19.4. The van der Waals surface area contributed by atoms with Gasteiger partial charge in [-0.15, -0.1) is 0 Å². The monoisotopic (exact) mass is 526 g/mol. The maximum absolute atomic E-state index is 6.30. The average molecular weight is 527 g/mol. The van der Waals surface area contributed by atoms with E-state index in [9.17, 15) is 0 Å². The number of methoxy groups -OCH3 is 1. The van der Waals surface area contributed by atoms with Gasteiger partial charge in [-0.05, 0) is 35.0 Å². The SMILES string of the molecule is COc1c(Nc2cc(Cl)nc3c2nc(C)n3PI)cccc1-c1cnn(C)c1. The Balaban J connectivity index is 1.84. The Morgan fingerprint density at radius 3 is 2.75 bits per heavy atom. The number of halogens is 2. The predicted molar refractivity (Wildman–Crippen MR) is 123 cm³/mol. The minimum absolute atomic E-state index is 0.410. The highest BCUT2D eigenvalue weighted by Gasteiger charge is 2.17. The molecule has 0 amide bonds. The Bertz CT molecular complexity index is 1170. The quantitative estimate of drug-likeness (QED) is 0.216. The lowest BCUT2D eigenvalue weighted by atomic mass is 10.1. The molecule has 1 aromatic carbocycles. The number of imidazole rings is 1. The van der Waals surface area contributed by atoms with E-state index < -0.39 is 0 Å². The lowest BCUT2D eigenvalue weighted by Gasteiger charge is -2.15. The van der Waals surface area contributed by atoms with Gasteiger partial charge in [-0.2, -0.15) is 5.10 Å². The van der Waals surface area contributed by atoms with Gasteiger partial charge in [-0.3, -0.25) is 9.02 Å². The molecule has 4 rings (SSSR count). The summed E-state index contributed by atoms with van der Waals surface area (Å²) in [5.41, 5.74) is 5.08. The van der Waals surface area contributed by atoms with E-state index >= 15 is 0 Å². The fourth-order valence-corrected chi connectivity index (χ4v) is 5.44. The van der Waals surface area contributed by atoms with Gasteiger partial charge in [0.2, 0.25) is 0 Å². The number of aryl methyl sites for hydroxylation is 2. The summed E-state index contributed by atoms with van der Waals surface area (Å²) >= 11 is 8.61. The highest BCUT2D eigenvalue weighted by atomic mass is 127. The number of nitrogens with zero attached hydrogens (tertiary/aromatic N) is 5. The molecule has 28 heavy (non-hydrogen) atoms. The molecular formula is C18H17ClIN6OP. The van der Waals surface area contributed by atoms with E-state index in [2.05, 4.69) is 46.8 Å². The lowest BCUT2D eigenvalue weighted by molar-refractivity contribution is 0.418. The van der Waals surface area contributed by atoms with Crippen molar-refractivity contribution in [2.75, 3.05) is 12.4 Å². The second kappa shape index (κ2) is 7.85. The second-order valence-corrected chi connectivity index (χ2v) is 8.61. The molecule has 0 saturated carbocycles. The Labute approximate surface area is 181 Å². The summed E-state index contributed by atoms with van der Waals surface area (Å²) in [6.07, 6.45) is 4.26. The van der Waals surface area contributed by atoms with Crippen molar-refractivity contribution in [3.63, 3.8) is 0 Å². The van der Waals surface area contributed by atoms with Crippen molar-refractivity contribution in [3.05, 3.63) is 47.6 Å². The van der Waals surface area contributed by atoms with E-state index in [1.807, 2.05) is 44.6 Å². The Morgan fingerprint density at radius 2 is 2.07 bits per heavy atom. The molecule has 1 atom stereocenters. The number of aromatic nitrogens is 5. The molecule has 0 bridgehead atoms. The number of anilines is 2. The zero-order valence-electron chi connectivity index (χ0n) is 15.4. The van der Waals surface area contributed by atoms with Crippen LogP contribution in [0.15, 0.2) is 36.7 Å². The minimum atomic E-state index is 0.410. The normalized spacial score (nSPS) is 11.6. The Hall–Kier alpha value is -1.90. The summed E-state index contributed by atoms with van der Waals surface area (Å²) in [6, 6.07) is 7.73. The molecule has 0 saturated heterocycles. The number of benzene rings is 1. The smallest absolute Gasteiger partial charge is 0.167 e. The third-order valence-electron chi connectivity index (χ3n) is 4.34. The number of hydrogen-bond donors (Lipinski definition) is 1. The fraction of sp³-hybridized carbons (Fsp3) is 0.167. The van der Waals surface area contributed by atoms with Crippen LogP contribution >= 0.6 is 40.0 Å². The van der Waals surface area contributed by atoms with Crippen LogP contribution in [0.3, 0.4) is 0 Å². The van der Waals surface area contributed by atoms with Crippen molar-refractivity contribution in [2.45, 2.75) is 6.92 Å².